The average Bonchev–Trinajstić information content (AvgIpc) is 2.82. The van der Waals surface area contributed by atoms with Crippen LogP contribution in [0.5, 0.6) is 0 Å². The highest BCUT2D eigenvalue weighted by atomic mass is 32.1. The molecule has 1 aromatic heterocycles. The Labute approximate surface area is 101 Å². The van der Waals surface area contributed by atoms with Gasteiger partial charge in [0.25, 0.3) is 0 Å². The fraction of sp³-hybridized carbons (Fsp3) is 0.286. The Bertz CT molecular complexity index is 417. The van der Waals surface area contributed by atoms with E-state index in [4.69, 9.17) is 0 Å². The van der Waals surface area contributed by atoms with E-state index in [9.17, 15) is 0 Å². The quantitative estimate of drug-likeness (QED) is 0.818. The summed E-state index contributed by atoms with van der Waals surface area (Å²) in [4.78, 5) is 0. The third-order valence-electron chi connectivity index (χ3n) is 2.79. The molecule has 0 bridgehead atoms. The predicted octanol–water partition coefficient (Wildman–Crippen LogP) is 4.48. The standard InChI is InChI=1S/C14H17NS/c1-3-12-4-6-13(7-5-12)11(2)15-14-8-9-16-10-14/h4-11,15H,3H2,1-2H3. The van der Waals surface area contributed by atoms with Crippen molar-refractivity contribution in [3.63, 3.8) is 0 Å². The lowest BCUT2D eigenvalue weighted by molar-refractivity contribution is 0.884. The molecule has 0 spiro atoms. The fourth-order valence-electron chi connectivity index (χ4n) is 1.72. The molecule has 0 fully saturated rings. The molecular weight excluding hydrogens is 214 g/mol. The third kappa shape index (κ3) is 2.64. The Morgan fingerprint density at radius 2 is 1.94 bits per heavy atom. The predicted molar refractivity (Wildman–Crippen MR) is 72.2 cm³/mol. The molecule has 1 heterocycles. The van der Waals surface area contributed by atoms with Crippen LogP contribution in [-0.2, 0) is 6.42 Å². The molecule has 0 saturated heterocycles. The first-order valence-corrected chi connectivity index (χ1v) is 6.61. The second-order valence-corrected chi connectivity index (χ2v) is 4.75. The summed E-state index contributed by atoms with van der Waals surface area (Å²) in [6, 6.07) is 11.3. The number of aryl methyl sites for hydroxylation is 1. The molecule has 0 radical (unpaired) electrons. The minimum absolute atomic E-state index is 0.362. The van der Waals surface area contributed by atoms with Crippen molar-refractivity contribution in [3.8, 4) is 0 Å². The average molecular weight is 231 g/mol. The van der Waals surface area contributed by atoms with E-state index in [0.717, 1.165) is 6.42 Å². The van der Waals surface area contributed by atoms with E-state index in [0.29, 0.717) is 6.04 Å². The molecular formula is C14H17NS. The van der Waals surface area contributed by atoms with Gasteiger partial charge in [0.1, 0.15) is 0 Å². The number of thiophene rings is 1. The molecule has 16 heavy (non-hydrogen) atoms. The van der Waals surface area contributed by atoms with Crippen molar-refractivity contribution in [2.24, 2.45) is 0 Å². The molecule has 1 unspecified atom stereocenters. The van der Waals surface area contributed by atoms with Gasteiger partial charge in [0.05, 0.1) is 0 Å². The smallest absolute Gasteiger partial charge is 0.0485 e. The molecule has 2 rings (SSSR count). The molecule has 84 valence electrons. The minimum Gasteiger partial charge on any atom is -0.378 e. The van der Waals surface area contributed by atoms with Gasteiger partial charge in [0, 0.05) is 17.1 Å². The number of hydrogen-bond acceptors (Lipinski definition) is 2. The monoisotopic (exact) mass is 231 g/mol. The number of rotatable bonds is 4. The molecule has 1 atom stereocenters. The second kappa shape index (κ2) is 5.17. The van der Waals surface area contributed by atoms with Gasteiger partial charge in [-0.25, -0.2) is 0 Å². The van der Waals surface area contributed by atoms with Crippen LogP contribution in [0.25, 0.3) is 0 Å². The lowest BCUT2D eigenvalue weighted by atomic mass is 10.0. The summed E-state index contributed by atoms with van der Waals surface area (Å²) in [6.07, 6.45) is 1.10. The lowest BCUT2D eigenvalue weighted by Gasteiger charge is -2.14. The normalized spacial score (nSPS) is 12.4. The zero-order valence-electron chi connectivity index (χ0n) is 9.73. The van der Waals surface area contributed by atoms with Crippen LogP contribution >= 0.6 is 11.3 Å². The highest BCUT2D eigenvalue weighted by Gasteiger charge is 2.04. The highest BCUT2D eigenvalue weighted by Crippen LogP contribution is 2.21. The SMILES string of the molecule is CCc1ccc(C(C)Nc2ccsc2)cc1. The largest absolute Gasteiger partial charge is 0.378 e. The Morgan fingerprint density at radius 1 is 1.19 bits per heavy atom. The van der Waals surface area contributed by atoms with Gasteiger partial charge in [-0.05, 0) is 35.9 Å². The van der Waals surface area contributed by atoms with Gasteiger partial charge in [-0.2, -0.15) is 11.3 Å². The van der Waals surface area contributed by atoms with Gasteiger partial charge >= 0.3 is 0 Å². The van der Waals surface area contributed by atoms with E-state index < -0.39 is 0 Å². The maximum absolute atomic E-state index is 3.49. The van der Waals surface area contributed by atoms with Crippen LogP contribution in [0, 0.1) is 0 Å². The van der Waals surface area contributed by atoms with E-state index in [1.807, 2.05) is 0 Å². The van der Waals surface area contributed by atoms with Crippen LogP contribution < -0.4 is 5.32 Å². The van der Waals surface area contributed by atoms with Crippen molar-refractivity contribution >= 4 is 17.0 Å². The maximum Gasteiger partial charge on any atom is 0.0485 e. The van der Waals surface area contributed by atoms with Gasteiger partial charge in [-0.1, -0.05) is 31.2 Å². The topological polar surface area (TPSA) is 12.0 Å². The van der Waals surface area contributed by atoms with Crippen molar-refractivity contribution in [1.29, 1.82) is 0 Å². The minimum atomic E-state index is 0.362. The van der Waals surface area contributed by atoms with E-state index >= 15 is 0 Å². The van der Waals surface area contributed by atoms with Crippen LogP contribution in [0.2, 0.25) is 0 Å². The molecule has 0 aliphatic carbocycles. The highest BCUT2D eigenvalue weighted by molar-refractivity contribution is 7.08. The maximum atomic E-state index is 3.49. The molecule has 2 aromatic rings. The van der Waals surface area contributed by atoms with Crippen molar-refractivity contribution < 1.29 is 0 Å². The summed E-state index contributed by atoms with van der Waals surface area (Å²) in [5.41, 5.74) is 3.94. The summed E-state index contributed by atoms with van der Waals surface area (Å²) in [7, 11) is 0. The molecule has 1 nitrogen and oxygen atoms in total. The van der Waals surface area contributed by atoms with Crippen LogP contribution in [0.1, 0.15) is 31.0 Å². The van der Waals surface area contributed by atoms with E-state index in [-0.39, 0.29) is 0 Å². The molecule has 2 heteroatoms. The number of benzene rings is 1. The fourth-order valence-corrected chi connectivity index (χ4v) is 2.32. The second-order valence-electron chi connectivity index (χ2n) is 3.97. The summed E-state index contributed by atoms with van der Waals surface area (Å²) >= 11 is 1.72. The molecule has 0 aliphatic heterocycles. The first kappa shape index (κ1) is 11.2. The Balaban J connectivity index is 2.05. The van der Waals surface area contributed by atoms with Crippen LogP contribution in [0.3, 0.4) is 0 Å². The van der Waals surface area contributed by atoms with Crippen LogP contribution in [0.15, 0.2) is 41.1 Å². The molecule has 1 N–H and O–H groups in total. The Kier molecular flexibility index (Phi) is 3.62. The first-order valence-electron chi connectivity index (χ1n) is 5.67. The van der Waals surface area contributed by atoms with Gasteiger partial charge in [0.2, 0.25) is 0 Å². The van der Waals surface area contributed by atoms with Crippen LogP contribution in [0.4, 0.5) is 5.69 Å². The molecule has 0 amide bonds. The Morgan fingerprint density at radius 3 is 2.50 bits per heavy atom. The lowest BCUT2D eigenvalue weighted by Crippen LogP contribution is -2.05. The summed E-state index contributed by atoms with van der Waals surface area (Å²) in [6.45, 7) is 4.38. The van der Waals surface area contributed by atoms with Crippen molar-refractivity contribution in [2.75, 3.05) is 5.32 Å². The van der Waals surface area contributed by atoms with Gasteiger partial charge < -0.3 is 5.32 Å². The number of hydrogen-bond donors (Lipinski definition) is 1. The zero-order valence-corrected chi connectivity index (χ0v) is 10.6. The van der Waals surface area contributed by atoms with Crippen molar-refractivity contribution in [2.45, 2.75) is 26.3 Å². The zero-order chi connectivity index (χ0) is 11.4. The van der Waals surface area contributed by atoms with Crippen molar-refractivity contribution in [1.82, 2.24) is 0 Å². The van der Waals surface area contributed by atoms with E-state index in [1.165, 1.54) is 16.8 Å². The molecule has 0 saturated carbocycles. The van der Waals surface area contributed by atoms with Crippen molar-refractivity contribution in [3.05, 3.63) is 52.2 Å². The third-order valence-corrected chi connectivity index (χ3v) is 3.48. The van der Waals surface area contributed by atoms with E-state index in [2.05, 4.69) is 60.3 Å². The van der Waals surface area contributed by atoms with Gasteiger partial charge in [0.15, 0.2) is 0 Å². The van der Waals surface area contributed by atoms with E-state index in [1.54, 1.807) is 11.3 Å². The summed E-state index contributed by atoms with van der Waals surface area (Å²) in [5.74, 6) is 0. The molecule has 1 aromatic carbocycles. The number of anilines is 1. The van der Waals surface area contributed by atoms with Gasteiger partial charge in [-0.3, -0.25) is 0 Å². The summed E-state index contributed by atoms with van der Waals surface area (Å²) < 4.78 is 0. The molecule has 0 aliphatic rings. The first-order chi connectivity index (χ1) is 7.79. The van der Waals surface area contributed by atoms with Crippen LogP contribution in [-0.4, -0.2) is 0 Å². The summed E-state index contributed by atoms with van der Waals surface area (Å²) in [5, 5.41) is 7.71. The van der Waals surface area contributed by atoms with Gasteiger partial charge in [-0.15, -0.1) is 0 Å². The Hall–Kier alpha value is -1.28. The number of nitrogens with one attached hydrogen (secondary N) is 1.